The van der Waals surface area contributed by atoms with Gasteiger partial charge in [-0.05, 0) is 18.2 Å². The summed E-state index contributed by atoms with van der Waals surface area (Å²) in [5.74, 6) is 1.77. The van der Waals surface area contributed by atoms with Crippen molar-refractivity contribution in [2.75, 3.05) is 14.2 Å². The molecule has 0 radical (unpaired) electrons. The lowest BCUT2D eigenvalue weighted by atomic mass is 10.2. The Morgan fingerprint density at radius 2 is 1.62 bits per heavy atom. The number of methoxy groups -OCH3 is 2. The maximum Gasteiger partial charge on any atom is 0.127 e. The molecule has 124 valence electrons. The van der Waals surface area contributed by atoms with Gasteiger partial charge in [0.1, 0.15) is 16.5 Å². The van der Waals surface area contributed by atoms with Gasteiger partial charge in [-0.3, -0.25) is 0 Å². The fraction of sp³-hybridized carbons (Fsp3) is 0.211. The minimum atomic E-state index is 0.720. The van der Waals surface area contributed by atoms with E-state index in [1.54, 1.807) is 25.6 Å². The van der Waals surface area contributed by atoms with E-state index >= 15 is 0 Å². The van der Waals surface area contributed by atoms with Crippen molar-refractivity contribution in [1.29, 1.82) is 0 Å². The molecule has 4 nitrogen and oxygen atoms in total. The summed E-state index contributed by atoms with van der Waals surface area (Å²) in [6.45, 7) is 1.46. The molecule has 0 fully saturated rings. The predicted octanol–water partition coefficient (Wildman–Crippen LogP) is 4.12. The molecule has 2 aromatic carbocycles. The minimum Gasteiger partial charge on any atom is -0.496 e. The Hall–Kier alpha value is -2.37. The van der Waals surface area contributed by atoms with Crippen molar-refractivity contribution in [2.45, 2.75) is 13.1 Å². The van der Waals surface area contributed by atoms with Gasteiger partial charge in [0.05, 0.1) is 19.1 Å². The van der Waals surface area contributed by atoms with Gasteiger partial charge in [-0.25, -0.2) is 4.98 Å². The van der Waals surface area contributed by atoms with E-state index in [2.05, 4.69) is 22.4 Å². The van der Waals surface area contributed by atoms with Crippen LogP contribution in [0.3, 0.4) is 0 Å². The molecule has 0 aliphatic rings. The first-order chi connectivity index (χ1) is 11.8. The zero-order valence-electron chi connectivity index (χ0n) is 13.8. The number of aromatic nitrogens is 1. The van der Waals surface area contributed by atoms with Gasteiger partial charge in [-0.15, -0.1) is 11.3 Å². The van der Waals surface area contributed by atoms with Gasteiger partial charge in [-0.1, -0.05) is 30.3 Å². The molecule has 0 spiro atoms. The van der Waals surface area contributed by atoms with E-state index < -0.39 is 0 Å². The van der Waals surface area contributed by atoms with E-state index in [4.69, 9.17) is 9.47 Å². The lowest BCUT2D eigenvalue weighted by Crippen LogP contribution is -2.13. The number of hydrogen-bond acceptors (Lipinski definition) is 5. The molecule has 0 unspecified atom stereocenters. The van der Waals surface area contributed by atoms with Crippen LogP contribution in [-0.2, 0) is 13.1 Å². The van der Waals surface area contributed by atoms with Gasteiger partial charge < -0.3 is 14.8 Å². The SMILES string of the molecule is COc1ccccc1CNCc1ncc(-c2ccccc2OC)s1. The van der Waals surface area contributed by atoms with Crippen LogP contribution in [0.5, 0.6) is 11.5 Å². The normalized spacial score (nSPS) is 10.6. The summed E-state index contributed by atoms with van der Waals surface area (Å²) in [4.78, 5) is 5.62. The van der Waals surface area contributed by atoms with Crippen LogP contribution in [0.15, 0.2) is 54.7 Å². The highest BCUT2D eigenvalue weighted by molar-refractivity contribution is 7.15. The van der Waals surface area contributed by atoms with E-state index in [1.807, 2.05) is 42.6 Å². The molecule has 0 amide bonds. The second kappa shape index (κ2) is 7.95. The minimum absolute atomic E-state index is 0.720. The Kier molecular flexibility index (Phi) is 5.46. The lowest BCUT2D eigenvalue weighted by Gasteiger charge is -2.08. The quantitative estimate of drug-likeness (QED) is 0.703. The highest BCUT2D eigenvalue weighted by atomic mass is 32.1. The van der Waals surface area contributed by atoms with Gasteiger partial charge in [0.2, 0.25) is 0 Å². The molecule has 3 aromatic rings. The summed E-state index contributed by atoms with van der Waals surface area (Å²) in [5.41, 5.74) is 2.22. The maximum absolute atomic E-state index is 5.42. The number of benzene rings is 2. The van der Waals surface area contributed by atoms with Crippen molar-refractivity contribution in [1.82, 2.24) is 10.3 Å². The largest absolute Gasteiger partial charge is 0.496 e. The zero-order valence-corrected chi connectivity index (χ0v) is 14.6. The highest BCUT2D eigenvalue weighted by Gasteiger charge is 2.09. The van der Waals surface area contributed by atoms with Crippen LogP contribution in [0, 0.1) is 0 Å². The van der Waals surface area contributed by atoms with E-state index in [0.29, 0.717) is 0 Å². The maximum atomic E-state index is 5.42. The van der Waals surface area contributed by atoms with E-state index in [9.17, 15) is 0 Å². The molecular formula is C19H20N2O2S. The van der Waals surface area contributed by atoms with Crippen molar-refractivity contribution < 1.29 is 9.47 Å². The summed E-state index contributed by atoms with van der Waals surface area (Å²) >= 11 is 1.68. The third-order valence-corrected chi connectivity index (χ3v) is 4.74. The van der Waals surface area contributed by atoms with Crippen molar-refractivity contribution in [3.8, 4) is 21.9 Å². The molecule has 1 heterocycles. The molecule has 24 heavy (non-hydrogen) atoms. The third kappa shape index (κ3) is 3.75. The molecule has 3 rings (SSSR count). The van der Waals surface area contributed by atoms with Crippen molar-refractivity contribution >= 4 is 11.3 Å². The second-order valence-electron chi connectivity index (χ2n) is 5.23. The van der Waals surface area contributed by atoms with Crippen LogP contribution in [0.1, 0.15) is 10.6 Å². The molecule has 5 heteroatoms. The summed E-state index contributed by atoms with van der Waals surface area (Å²) < 4.78 is 10.8. The third-order valence-electron chi connectivity index (χ3n) is 3.71. The molecule has 1 N–H and O–H groups in total. The fourth-order valence-corrected chi connectivity index (χ4v) is 3.44. The standard InChI is InChI=1S/C19H20N2O2S/c1-22-16-9-5-3-7-14(16)11-20-13-19-21-12-18(24-19)15-8-4-6-10-17(15)23-2/h3-10,12,20H,11,13H2,1-2H3. The van der Waals surface area contributed by atoms with Crippen molar-refractivity contribution in [3.05, 3.63) is 65.3 Å². The highest BCUT2D eigenvalue weighted by Crippen LogP contribution is 2.33. The summed E-state index contributed by atoms with van der Waals surface area (Å²) in [6, 6.07) is 16.0. The number of nitrogens with zero attached hydrogens (tertiary/aromatic N) is 1. The van der Waals surface area contributed by atoms with Crippen LogP contribution < -0.4 is 14.8 Å². The molecule has 1 aromatic heterocycles. The first kappa shape index (κ1) is 16.5. The monoisotopic (exact) mass is 340 g/mol. The lowest BCUT2D eigenvalue weighted by molar-refractivity contribution is 0.407. The van der Waals surface area contributed by atoms with Crippen molar-refractivity contribution in [3.63, 3.8) is 0 Å². The van der Waals surface area contributed by atoms with E-state index in [1.165, 1.54) is 0 Å². The summed E-state index contributed by atoms with van der Waals surface area (Å²) in [5, 5.41) is 4.47. The van der Waals surface area contributed by atoms with Gasteiger partial charge in [-0.2, -0.15) is 0 Å². The van der Waals surface area contributed by atoms with Gasteiger partial charge in [0, 0.05) is 30.4 Å². The number of hydrogen-bond donors (Lipinski definition) is 1. The molecule has 0 aliphatic heterocycles. The van der Waals surface area contributed by atoms with E-state index in [-0.39, 0.29) is 0 Å². The first-order valence-corrected chi connectivity index (χ1v) is 8.54. The Balaban J connectivity index is 1.64. The fourth-order valence-electron chi connectivity index (χ4n) is 2.52. The number of para-hydroxylation sites is 2. The molecular weight excluding hydrogens is 320 g/mol. The number of rotatable bonds is 7. The molecule has 0 saturated heterocycles. The van der Waals surface area contributed by atoms with Crippen LogP contribution >= 0.6 is 11.3 Å². The van der Waals surface area contributed by atoms with Crippen molar-refractivity contribution in [2.24, 2.45) is 0 Å². The number of nitrogens with one attached hydrogen (secondary N) is 1. The van der Waals surface area contributed by atoms with Gasteiger partial charge in [0.15, 0.2) is 0 Å². The smallest absolute Gasteiger partial charge is 0.127 e. The Labute approximate surface area is 146 Å². The Bertz CT molecular complexity index is 801. The summed E-state index contributed by atoms with van der Waals surface area (Å²) in [6.07, 6.45) is 1.91. The van der Waals surface area contributed by atoms with Crippen LogP contribution in [-0.4, -0.2) is 19.2 Å². The average molecular weight is 340 g/mol. The van der Waals surface area contributed by atoms with Gasteiger partial charge in [0.25, 0.3) is 0 Å². The first-order valence-electron chi connectivity index (χ1n) is 7.72. The summed E-state index contributed by atoms with van der Waals surface area (Å²) in [7, 11) is 3.38. The van der Waals surface area contributed by atoms with E-state index in [0.717, 1.165) is 45.6 Å². The number of ether oxygens (including phenoxy) is 2. The predicted molar refractivity (Wildman–Crippen MR) is 97.6 cm³/mol. The molecule has 0 bridgehead atoms. The Morgan fingerprint density at radius 1 is 0.917 bits per heavy atom. The van der Waals surface area contributed by atoms with Crippen LogP contribution in [0.25, 0.3) is 10.4 Å². The van der Waals surface area contributed by atoms with Crippen LogP contribution in [0.4, 0.5) is 0 Å². The molecule has 0 aliphatic carbocycles. The molecule has 0 atom stereocenters. The van der Waals surface area contributed by atoms with Crippen LogP contribution in [0.2, 0.25) is 0 Å². The topological polar surface area (TPSA) is 43.4 Å². The molecule has 0 saturated carbocycles. The van der Waals surface area contributed by atoms with Gasteiger partial charge >= 0.3 is 0 Å². The second-order valence-corrected chi connectivity index (χ2v) is 6.35. The Morgan fingerprint density at radius 3 is 2.42 bits per heavy atom. The number of thiazole rings is 1. The average Bonchev–Trinajstić information content (AvgIpc) is 3.11. The zero-order chi connectivity index (χ0) is 16.8.